The van der Waals surface area contributed by atoms with Gasteiger partial charge in [-0.1, -0.05) is 44.5 Å². The number of carbonyl (C=O) groups excluding carboxylic acids is 1. The quantitative estimate of drug-likeness (QED) is 0.758. The Morgan fingerprint density at radius 3 is 2.47 bits per heavy atom. The highest BCUT2D eigenvalue weighted by Crippen LogP contribution is 2.15. The van der Waals surface area contributed by atoms with Crippen LogP contribution in [0.1, 0.15) is 47.3 Å². The largest absolute Gasteiger partial charge is 0.289 e. The number of aryl methyl sites for hydroxylation is 2. The van der Waals surface area contributed by atoms with Crippen LogP contribution in [0.5, 0.6) is 0 Å². The minimum Gasteiger partial charge on any atom is -0.289 e. The number of hydrogen-bond donors (Lipinski definition) is 0. The Kier molecular flexibility index (Phi) is 4.45. The van der Waals surface area contributed by atoms with Crippen LogP contribution in [0.3, 0.4) is 0 Å². The van der Waals surface area contributed by atoms with Crippen LogP contribution in [0, 0.1) is 0 Å². The molecule has 19 heavy (non-hydrogen) atoms. The fourth-order valence-corrected chi connectivity index (χ4v) is 2.20. The first-order valence-electron chi connectivity index (χ1n) is 6.82. The molecule has 0 unspecified atom stereocenters. The topological polar surface area (TPSA) is 30.0 Å². The highest BCUT2D eigenvalue weighted by Gasteiger charge is 2.12. The van der Waals surface area contributed by atoms with Crippen molar-refractivity contribution in [2.45, 2.75) is 33.1 Å². The van der Waals surface area contributed by atoms with Gasteiger partial charge in [-0.25, -0.2) is 0 Å². The van der Waals surface area contributed by atoms with Gasteiger partial charge in [-0.2, -0.15) is 0 Å². The number of aromatic nitrogens is 1. The molecule has 0 bridgehead atoms. The van der Waals surface area contributed by atoms with E-state index in [2.05, 4.69) is 11.9 Å². The Balaban J connectivity index is 2.28. The van der Waals surface area contributed by atoms with Gasteiger partial charge in [0.05, 0.1) is 0 Å². The molecule has 2 heteroatoms. The van der Waals surface area contributed by atoms with Gasteiger partial charge in [-0.05, 0) is 30.0 Å². The third-order valence-electron chi connectivity index (χ3n) is 3.28. The molecular formula is C17H19NO. The molecule has 0 spiro atoms. The maximum atomic E-state index is 12.5. The molecule has 1 aromatic carbocycles. The molecule has 1 heterocycles. The lowest BCUT2D eigenvalue weighted by molar-refractivity contribution is 0.103. The summed E-state index contributed by atoms with van der Waals surface area (Å²) in [6.45, 7) is 4.20. The van der Waals surface area contributed by atoms with Crippen molar-refractivity contribution < 1.29 is 4.79 Å². The first kappa shape index (κ1) is 13.5. The normalized spacial score (nSPS) is 10.4. The van der Waals surface area contributed by atoms with Gasteiger partial charge in [0.15, 0.2) is 5.78 Å². The van der Waals surface area contributed by atoms with Crippen molar-refractivity contribution in [3.63, 3.8) is 0 Å². The van der Waals surface area contributed by atoms with Crippen molar-refractivity contribution in [2.24, 2.45) is 0 Å². The molecule has 2 aromatic rings. The van der Waals surface area contributed by atoms with E-state index in [9.17, 15) is 4.79 Å². The van der Waals surface area contributed by atoms with Crippen LogP contribution in [0.2, 0.25) is 0 Å². The summed E-state index contributed by atoms with van der Waals surface area (Å²) in [5.41, 5.74) is 3.80. The molecule has 0 fully saturated rings. The van der Waals surface area contributed by atoms with E-state index in [1.807, 2.05) is 31.2 Å². The van der Waals surface area contributed by atoms with Crippen molar-refractivity contribution in [1.82, 2.24) is 4.98 Å². The van der Waals surface area contributed by atoms with Gasteiger partial charge in [-0.3, -0.25) is 9.78 Å². The molecule has 1 aromatic heterocycles. The van der Waals surface area contributed by atoms with Crippen molar-refractivity contribution >= 4 is 5.78 Å². The van der Waals surface area contributed by atoms with E-state index in [0.29, 0.717) is 0 Å². The monoisotopic (exact) mass is 253 g/mol. The summed E-state index contributed by atoms with van der Waals surface area (Å²) in [7, 11) is 0. The SMILES string of the molecule is CCCc1ccc(C(=O)c2ccncc2CC)cc1. The molecule has 0 saturated carbocycles. The second kappa shape index (κ2) is 6.28. The lowest BCUT2D eigenvalue weighted by Crippen LogP contribution is -2.05. The van der Waals surface area contributed by atoms with E-state index >= 15 is 0 Å². The first-order valence-corrected chi connectivity index (χ1v) is 6.82. The van der Waals surface area contributed by atoms with Gasteiger partial charge in [0.2, 0.25) is 0 Å². The summed E-state index contributed by atoms with van der Waals surface area (Å²) < 4.78 is 0. The zero-order chi connectivity index (χ0) is 13.7. The van der Waals surface area contributed by atoms with Crippen molar-refractivity contribution in [2.75, 3.05) is 0 Å². The van der Waals surface area contributed by atoms with E-state index in [1.165, 1.54) is 5.56 Å². The van der Waals surface area contributed by atoms with Gasteiger partial charge in [-0.15, -0.1) is 0 Å². The third-order valence-corrected chi connectivity index (χ3v) is 3.28. The van der Waals surface area contributed by atoms with Crippen LogP contribution < -0.4 is 0 Å². The standard InChI is InChI=1S/C17H19NO/c1-3-5-13-6-8-15(9-7-13)17(19)16-10-11-18-12-14(16)4-2/h6-12H,3-5H2,1-2H3. The minimum atomic E-state index is 0.0855. The fraction of sp³-hybridized carbons (Fsp3) is 0.294. The third kappa shape index (κ3) is 3.08. The van der Waals surface area contributed by atoms with Crippen molar-refractivity contribution in [3.05, 3.63) is 65.0 Å². The summed E-state index contributed by atoms with van der Waals surface area (Å²) >= 11 is 0. The zero-order valence-electron chi connectivity index (χ0n) is 11.5. The summed E-state index contributed by atoms with van der Waals surface area (Å²) in [5, 5.41) is 0. The van der Waals surface area contributed by atoms with Crippen LogP contribution >= 0.6 is 0 Å². The Hall–Kier alpha value is -1.96. The predicted octanol–water partition coefficient (Wildman–Crippen LogP) is 3.83. The maximum absolute atomic E-state index is 12.5. The Morgan fingerprint density at radius 1 is 1.11 bits per heavy atom. The summed E-state index contributed by atoms with van der Waals surface area (Å²) in [6.07, 6.45) is 6.46. The predicted molar refractivity (Wildman–Crippen MR) is 77.5 cm³/mol. The highest BCUT2D eigenvalue weighted by atomic mass is 16.1. The van der Waals surface area contributed by atoms with Crippen LogP contribution in [-0.4, -0.2) is 10.8 Å². The van der Waals surface area contributed by atoms with Crippen LogP contribution in [0.15, 0.2) is 42.7 Å². The number of benzene rings is 1. The minimum absolute atomic E-state index is 0.0855. The molecule has 0 amide bonds. The van der Waals surface area contributed by atoms with Gasteiger partial charge < -0.3 is 0 Å². The molecule has 2 rings (SSSR count). The van der Waals surface area contributed by atoms with E-state index in [0.717, 1.165) is 36.0 Å². The van der Waals surface area contributed by atoms with Gasteiger partial charge in [0.1, 0.15) is 0 Å². The Bertz CT molecular complexity index is 558. The number of hydrogen-bond acceptors (Lipinski definition) is 2. The summed E-state index contributed by atoms with van der Waals surface area (Å²) in [6, 6.07) is 9.74. The summed E-state index contributed by atoms with van der Waals surface area (Å²) in [5.74, 6) is 0.0855. The molecule has 2 nitrogen and oxygen atoms in total. The van der Waals surface area contributed by atoms with E-state index < -0.39 is 0 Å². The number of pyridine rings is 1. The smallest absolute Gasteiger partial charge is 0.193 e. The van der Waals surface area contributed by atoms with Crippen LogP contribution in [-0.2, 0) is 12.8 Å². The van der Waals surface area contributed by atoms with Gasteiger partial charge in [0.25, 0.3) is 0 Å². The lowest BCUT2D eigenvalue weighted by Gasteiger charge is -2.07. The van der Waals surface area contributed by atoms with E-state index in [-0.39, 0.29) is 5.78 Å². The average molecular weight is 253 g/mol. The number of carbonyl (C=O) groups is 1. The van der Waals surface area contributed by atoms with E-state index in [4.69, 9.17) is 0 Å². The van der Waals surface area contributed by atoms with Crippen LogP contribution in [0.25, 0.3) is 0 Å². The highest BCUT2D eigenvalue weighted by molar-refractivity contribution is 6.09. The molecule has 0 aliphatic rings. The van der Waals surface area contributed by atoms with E-state index in [1.54, 1.807) is 18.5 Å². The fourth-order valence-electron chi connectivity index (χ4n) is 2.20. The second-order valence-electron chi connectivity index (χ2n) is 4.66. The number of rotatable bonds is 5. The zero-order valence-corrected chi connectivity index (χ0v) is 11.5. The second-order valence-corrected chi connectivity index (χ2v) is 4.66. The Labute approximate surface area is 114 Å². The maximum Gasteiger partial charge on any atom is 0.193 e. The molecule has 0 atom stereocenters. The molecule has 0 saturated heterocycles. The summed E-state index contributed by atoms with van der Waals surface area (Å²) in [4.78, 5) is 16.5. The van der Waals surface area contributed by atoms with Gasteiger partial charge in [0, 0.05) is 23.5 Å². The van der Waals surface area contributed by atoms with Gasteiger partial charge >= 0.3 is 0 Å². The van der Waals surface area contributed by atoms with Crippen molar-refractivity contribution in [1.29, 1.82) is 0 Å². The van der Waals surface area contributed by atoms with Crippen LogP contribution in [0.4, 0.5) is 0 Å². The lowest BCUT2D eigenvalue weighted by atomic mass is 9.97. The Morgan fingerprint density at radius 2 is 1.84 bits per heavy atom. The number of ketones is 1. The first-order chi connectivity index (χ1) is 9.26. The number of nitrogens with zero attached hydrogens (tertiary/aromatic N) is 1. The average Bonchev–Trinajstić information content (AvgIpc) is 2.47. The molecule has 0 aliphatic heterocycles. The molecule has 0 N–H and O–H groups in total. The van der Waals surface area contributed by atoms with Crippen molar-refractivity contribution in [3.8, 4) is 0 Å². The molecular weight excluding hydrogens is 234 g/mol. The molecule has 98 valence electrons. The molecule has 0 radical (unpaired) electrons. The molecule has 0 aliphatic carbocycles.